The lowest BCUT2D eigenvalue weighted by atomic mass is 10.1. The topological polar surface area (TPSA) is 41.1 Å². The van der Waals surface area contributed by atoms with Crippen molar-refractivity contribution in [2.24, 2.45) is 0 Å². The number of rotatable bonds is 3. The molecule has 0 spiro atoms. The average molecular weight is 252 g/mol. The number of aromatic nitrogens is 2. The fourth-order valence-corrected chi connectivity index (χ4v) is 3.71. The highest BCUT2D eigenvalue weighted by molar-refractivity contribution is 7.09. The van der Waals surface area contributed by atoms with Crippen LogP contribution in [0.3, 0.4) is 0 Å². The summed E-state index contributed by atoms with van der Waals surface area (Å²) in [5, 5.41) is 4.60. The van der Waals surface area contributed by atoms with Gasteiger partial charge in [0.25, 0.3) is 0 Å². The second kappa shape index (κ2) is 4.53. The average Bonchev–Trinajstić information content (AvgIpc) is 2.96. The lowest BCUT2D eigenvalue weighted by Crippen LogP contribution is -2.33. The van der Waals surface area contributed by atoms with Crippen LogP contribution in [0.4, 0.5) is 5.13 Å². The largest absolute Gasteiger partial charge is 0.356 e. The van der Waals surface area contributed by atoms with Crippen molar-refractivity contribution < 1.29 is 0 Å². The smallest absolute Gasteiger partial charge is 0.202 e. The van der Waals surface area contributed by atoms with E-state index in [1.54, 1.807) is 0 Å². The van der Waals surface area contributed by atoms with Crippen LogP contribution in [-0.2, 0) is 0 Å². The van der Waals surface area contributed by atoms with Crippen LogP contribution in [0.15, 0.2) is 0 Å². The van der Waals surface area contributed by atoms with E-state index in [2.05, 4.69) is 33.4 Å². The molecule has 17 heavy (non-hydrogen) atoms. The van der Waals surface area contributed by atoms with E-state index in [1.807, 2.05) is 0 Å². The van der Waals surface area contributed by atoms with Gasteiger partial charge in [-0.1, -0.05) is 13.8 Å². The first-order chi connectivity index (χ1) is 8.24. The van der Waals surface area contributed by atoms with Crippen LogP contribution in [0, 0.1) is 0 Å². The van der Waals surface area contributed by atoms with E-state index in [4.69, 9.17) is 0 Å². The van der Waals surface area contributed by atoms with Crippen molar-refractivity contribution >= 4 is 16.7 Å². The zero-order valence-corrected chi connectivity index (χ0v) is 11.3. The molecule has 2 atom stereocenters. The standard InChI is InChI=1S/C12H20N4S/c1-8(2)11-14-12(17-15-11)13-9-5-7-16-6-3-4-10(9)16/h8-10H,3-7H2,1-2H3,(H,13,14,15). The number of nitrogens with zero attached hydrogens (tertiary/aromatic N) is 3. The molecule has 4 nitrogen and oxygen atoms in total. The predicted octanol–water partition coefficient (Wildman–Crippen LogP) is 2.31. The second-order valence-electron chi connectivity index (χ2n) is 5.40. The van der Waals surface area contributed by atoms with Crippen molar-refractivity contribution in [2.75, 3.05) is 18.4 Å². The van der Waals surface area contributed by atoms with Crippen LogP contribution in [0.5, 0.6) is 0 Å². The Morgan fingerprint density at radius 2 is 2.24 bits per heavy atom. The molecule has 0 aromatic carbocycles. The number of nitrogens with one attached hydrogen (secondary N) is 1. The first-order valence-corrected chi connectivity index (χ1v) is 7.35. The Bertz CT molecular complexity index is 390. The van der Waals surface area contributed by atoms with Crippen molar-refractivity contribution in [3.63, 3.8) is 0 Å². The van der Waals surface area contributed by atoms with Gasteiger partial charge in [0.2, 0.25) is 5.13 Å². The summed E-state index contributed by atoms with van der Waals surface area (Å²) in [5.74, 6) is 1.40. The fraction of sp³-hybridized carbons (Fsp3) is 0.833. The number of fused-ring (bicyclic) bond motifs is 1. The summed E-state index contributed by atoms with van der Waals surface area (Å²) < 4.78 is 4.40. The molecule has 94 valence electrons. The lowest BCUT2D eigenvalue weighted by molar-refractivity contribution is 0.318. The Hall–Kier alpha value is -0.680. The third-order valence-corrected chi connectivity index (χ3v) is 4.53. The predicted molar refractivity (Wildman–Crippen MR) is 70.6 cm³/mol. The maximum absolute atomic E-state index is 4.57. The van der Waals surface area contributed by atoms with E-state index in [1.165, 1.54) is 43.9 Å². The Morgan fingerprint density at radius 3 is 3.00 bits per heavy atom. The van der Waals surface area contributed by atoms with Gasteiger partial charge in [-0.05, 0) is 25.8 Å². The van der Waals surface area contributed by atoms with Crippen molar-refractivity contribution in [1.29, 1.82) is 0 Å². The lowest BCUT2D eigenvalue weighted by Gasteiger charge is -2.20. The molecule has 1 aromatic rings. The Balaban J connectivity index is 1.66. The SMILES string of the molecule is CC(C)c1nsc(NC2CCN3CCCC23)n1. The highest BCUT2D eigenvalue weighted by Gasteiger charge is 2.37. The van der Waals surface area contributed by atoms with Gasteiger partial charge in [0.15, 0.2) is 0 Å². The van der Waals surface area contributed by atoms with Crippen LogP contribution >= 0.6 is 11.5 Å². The molecule has 1 N–H and O–H groups in total. The summed E-state index contributed by atoms with van der Waals surface area (Å²) in [7, 11) is 0. The molecule has 2 unspecified atom stereocenters. The van der Waals surface area contributed by atoms with Crippen molar-refractivity contribution in [3.8, 4) is 0 Å². The number of hydrogen-bond acceptors (Lipinski definition) is 5. The molecular weight excluding hydrogens is 232 g/mol. The molecule has 5 heteroatoms. The summed E-state index contributed by atoms with van der Waals surface area (Å²) in [6.07, 6.45) is 3.95. The summed E-state index contributed by atoms with van der Waals surface area (Å²) in [6.45, 7) is 6.81. The van der Waals surface area contributed by atoms with E-state index in [9.17, 15) is 0 Å². The highest BCUT2D eigenvalue weighted by Crippen LogP contribution is 2.30. The maximum atomic E-state index is 4.57. The van der Waals surface area contributed by atoms with E-state index >= 15 is 0 Å². The summed E-state index contributed by atoms with van der Waals surface area (Å²) in [6, 6.07) is 1.33. The zero-order chi connectivity index (χ0) is 11.8. The summed E-state index contributed by atoms with van der Waals surface area (Å²) in [5.41, 5.74) is 0. The van der Waals surface area contributed by atoms with E-state index in [0.717, 1.165) is 17.0 Å². The number of anilines is 1. The van der Waals surface area contributed by atoms with Gasteiger partial charge in [-0.25, -0.2) is 4.98 Å². The van der Waals surface area contributed by atoms with Gasteiger partial charge < -0.3 is 5.32 Å². The first kappa shape index (κ1) is 11.4. The minimum Gasteiger partial charge on any atom is -0.356 e. The Labute approximate surface area is 107 Å². The molecule has 0 bridgehead atoms. The molecule has 3 rings (SSSR count). The first-order valence-electron chi connectivity index (χ1n) is 6.58. The molecule has 0 radical (unpaired) electrons. The maximum Gasteiger partial charge on any atom is 0.202 e. The third-order valence-electron chi connectivity index (χ3n) is 3.87. The molecule has 0 amide bonds. The summed E-state index contributed by atoms with van der Waals surface area (Å²) >= 11 is 1.51. The van der Waals surface area contributed by atoms with Crippen LogP contribution < -0.4 is 5.32 Å². The molecule has 3 heterocycles. The van der Waals surface area contributed by atoms with Gasteiger partial charge in [0.05, 0.1) is 0 Å². The van der Waals surface area contributed by atoms with Crippen molar-refractivity contribution in [1.82, 2.24) is 14.3 Å². The molecule has 2 aliphatic heterocycles. The molecule has 1 aromatic heterocycles. The van der Waals surface area contributed by atoms with Crippen LogP contribution in [0.25, 0.3) is 0 Å². The van der Waals surface area contributed by atoms with Gasteiger partial charge in [-0.2, -0.15) is 4.37 Å². The van der Waals surface area contributed by atoms with Gasteiger partial charge >= 0.3 is 0 Å². The Kier molecular flexibility index (Phi) is 3.04. The van der Waals surface area contributed by atoms with E-state index in [0.29, 0.717) is 12.0 Å². The fourth-order valence-electron chi connectivity index (χ4n) is 2.94. The minimum absolute atomic E-state index is 0.424. The van der Waals surface area contributed by atoms with Crippen LogP contribution in [-0.4, -0.2) is 39.4 Å². The molecular formula is C12H20N4S. The van der Waals surface area contributed by atoms with Gasteiger partial charge in [0, 0.05) is 36.1 Å². The monoisotopic (exact) mass is 252 g/mol. The minimum atomic E-state index is 0.424. The molecule has 0 aliphatic carbocycles. The van der Waals surface area contributed by atoms with E-state index < -0.39 is 0 Å². The van der Waals surface area contributed by atoms with Crippen molar-refractivity contribution in [2.45, 2.75) is 51.1 Å². The molecule has 0 saturated carbocycles. The quantitative estimate of drug-likeness (QED) is 0.896. The second-order valence-corrected chi connectivity index (χ2v) is 6.15. The summed E-state index contributed by atoms with van der Waals surface area (Å²) in [4.78, 5) is 7.18. The Morgan fingerprint density at radius 1 is 1.35 bits per heavy atom. The van der Waals surface area contributed by atoms with Crippen molar-refractivity contribution in [3.05, 3.63) is 5.82 Å². The normalized spacial score (nSPS) is 28.9. The molecule has 2 fully saturated rings. The van der Waals surface area contributed by atoms with E-state index in [-0.39, 0.29) is 0 Å². The number of hydrogen-bond donors (Lipinski definition) is 1. The molecule has 2 aliphatic rings. The van der Waals surface area contributed by atoms with Gasteiger partial charge in [-0.3, -0.25) is 4.90 Å². The highest BCUT2D eigenvalue weighted by atomic mass is 32.1. The van der Waals surface area contributed by atoms with Crippen LogP contribution in [0.2, 0.25) is 0 Å². The zero-order valence-electron chi connectivity index (χ0n) is 10.5. The third kappa shape index (κ3) is 2.18. The van der Waals surface area contributed by atoms with Gasteiger partial charge in [-0.15, -0.1) is 0 Å². The van der Waals surface area contributed by atoms with Crippen LogP contribution in [0.1, 0.15) is 44.9 Å². The van der Waals surface area contributed by atoms with Gasteiger partial charge in [0.1, 0.15) is 5.82 Å². The molecule has 2 saturated heterocycles.